The van der Waals surface area contributed by atoms with E-state index >= 15 is 0 Å². The maximum Gasteiger partial charge on any atom is 0.136 e. The lowest BCUT2D eigenvalue weighted by Crippen LogP contribution is -2.46. The van der Waals surface area contributed by atoms with Gasteiger partial charge in [-0.25, -0.2) is 0 Å². The van der Waals surface area contributed by atoms with Crippen LogP contribution in [0.1, 0.15) is 0 Å². The van der Waals surface area contributed by atoms with Crippen LogP contribution in [0.15, 0.2) is 52.5 Å². The summed E-state index contributed by atoms with van der Waals surface area (Å²) in [5, 5.41) is 6.06. The molecule has 26 heavy (non-hydrogen) atoms. The molecule has 0 saturated carbocycles. The van der Waals surface area contributed by atoms with Crippen molar-refractivity contribution < 1.29 is 0 Å². The summed E-state index contributed by atoms with van der Waals surface area (Å²) in [5.74, 6) is 0. The fraction of sp³-hybridized carbons (Fsp3) is 0.250. The van der Waals surface area contributed by atoms with Crippen LogP contribution in [-0.4, -0.2) is 26.2 Å². The molecule has 0 atom stereocenters. The molecular formula is C16H12Br4N4O2. The molecule has 0 aromatic heterocycles. The summed E-state index contributed by atoms with van der Waals surface area (Å²) < 4.78 is 2.68. The van der Waals surface area contributed by atoms with Crippen LogP contribution in [0.25, 0.3) is 0 Å². The van der Waals surface area contributed by atoms with E-state index in [4.69, 9.17) is 0 Å². The molecule has 10 heteroatoms. The SMILES string of the molecule is O=Nc1c(Br)cc(N2CCN(c3cc(Br)c(N=O)c(Br)c3)CC2)cc1Br. The van der Waals surface area contributed by atoms with E-state index in [1.807, 2.05) is 24.3 Å². The zero-order chi connectivity index (χ0) is 18.8. The second kappa shape index (κ2) is 8.45. The molecule has 2 aromatic carbocycles. The van der Waals surface area contributed by atoms with E-state index < -0.39 is 0 Å². The van der Waals surface area contributed by atoms with Crippen LogP contribution in [-0.2, 0) is 0 Å². The van der Waals surface area contributed by atoms with Crippen LogP contribution < -0.4 is 9.80 Å². The Morgan fingerprint density at radius 2 is 0.885 bits per heavy atom. The second-order valence-corrected chi connectivity index (χ2v) is 9.09. The number of nitroso groups, excluding NO2 is 2. The Labute approximate surface area is 183 Å². The Bertz CT molecular complexity index is 752. The van der Waals surface area contributed by atoms with E-state index in [1.54, 1.807) is 0 Å². The molecule has 1 heterocycles. The number of nitrogens with zero attached hydrogens (tertiary/aromatic N) is 4. The lowest BCUT2D eigenvalue weighted by atomic mass is 10.2. The molecule has 0 N–H and O–H groups in total. The summed E-state index contributed by atoms with van der Waals surface area (Å²) in [7, 11) is 0. The first-order valence-electron chi connectivity index (χ1n) is 7.59. The topological polar surface area (TPSA) is 65.3 Å². The molecule has 0 unspecified atom stereocenters. The highest BCUT2D eigenvalue weighted by Crippen LogP contribution is 2.39. The minimum absolute atomic E-state index is 0.367. The lowest BCUT2D eigenvalue weighted by molar-refractivity contribution is 0.653. The molecule has 1 fully saturated rings. The largest absolute Gasteiger partial charge is 0.368 e. The average molecular weight is 612 g/mol. The molecule has 2 aromatic rings. The van der Waals surface area contributed by atoms with Gasteiger partial charge in [0.1, 0.15) is 11.4 Å². The van der Waals surface area contributed by atoms with E-state index in [2.05, 4.69) is 83.9 Å². The second-order valence-electron chi connectivity index (χ2n) is 5.67. The van der Waals surface area contributed by atoms with Gasteiger partial charge >= 0.3 is 0 Å². The minimum atomic E-state index is 0.367. The fourth-order valence-electron chi connectivity index (χ4n) is 2.87. The molecule has 1 aliphatic rings. The van der Waals surface area contributed by atoms with Gasteiger partial charge in [-0.3, -0.25) is 0 Å². The number of rotatable bonds is 4. The molecule has 1 saturated heterocycles. The van der Waals surface area contributed by atoms with Crippen LogP contribution in [0.4, 0.5) is 22.7 Å². The number of piperazine rings is 1. The number of halogens is 4. The maximum absolute atomic E-state index is 10.9. The highest BCUT2D eigenvalue weighted by atomic mass is 79.9. The highest BCUT2D eigenvalue weighted by Gasteiger charge is 2.21. The molecule has 0 radical (unpaired) electrons. The predicted molar refractivity (Wildman–Crippen MR) is 119 cm³/mol. The van der Waals surface area contributed by atoms with Gasteiger partial charge in [-0.1, -0.05) is 0 Å². The molecule has 0 amide bonds. The third-order valence-electron chi connectivity index (χ3n) is 4.20. The van der Waals surface area contributed by atoms with Gasteiger partial charge in [-0.2, -0.15) is 0 Å². The van der Waals surface area contributed by atoms with Gasteiger partial charge in [-0.05, 0) is 98.3 Å². The van der Waals surface area contributed by atoms with Crippen LogP contribution in [0, 0.1) is 9.81 Å². The summed E-state index contributed by atoms with van der Waals surface area (Å²) in [5.41, 5.74) is 2.79. The summed E-state index contributed by atoms with van der Waals surface area (Å²) >= 11 is 13.6. The van der Waals surface area contributed by atoms with E-state index in [0.29, 0.717) is 29.3 Å². The molecule has 3 rings (SSSR count). The van der Waals surface area contributed by atoms with Crippen molar-refractivity contribution in [3.05, 3.63) is 52.0 Å². The lowest BCUT2D eigenvalue weighted by Gasteiger charge is -2.37. The van der Waals surface area contributed by atoms with E-state index in [-0.39, 0.29) is 0 Å². The Balaban J connectivity index is 1.76. The number of hydrogen-bond acceptors (Lipinski definition) is 6. The Kier molecular flexibility index (Phi) is 6.47. The molecule has 0 aliphatic carbocycles. The highest BCUT2D eigenvalue weighted by molar-refractivity contribution is 9.11. The van der Waals surface area contributed by atoms with Gasteiger partial charge in [0.25, 0.3) is 0 Å². The quantitative estimate of drug-likeness (QED) is 0.355. The first-order chi connectivity index (χ1) is 12.4. The van der Waals surface area contributed by atoms with Crippen molar-refractivity contribution in [1.29, 1.82) is 0 Å². The fourth-order valence-corrected chi connectivity index (χ4v) is 5.48. The molecule has 0 spiro atoms. The van der Waals surface area contributed by atoms with Crippen molar-refractivity contribution in [2.24, 2.45) is 10.4 Å². The third-order valence-corrected chi connectivity index (χ3v) is 6.61. The monoisotopic (exact) mass is 608 g/mol. The van der Waals surface area contributed by atoms with E-state index in [9.17, 15) is 9.81 Å². The molecule has 0 bridgehead atoms. The van der Waals surface area contributed by atoms with Crippen LogP contribution in [0.2, 0.25) is 0 Å². The van der Waals surface area contributed by atoms with Crippen LogP contribution in [0.5, 0.6) is 0 Å². The van der Waals surface area contributed by atoms with Crippen molar-refractivity contribution >= 4 is 86.5 Å². The average Bonchev–Trinajstić information content (AvgIpc) is 2.61. The van der Waals surface area contributed by atoms with Crippen molar-refractivity contribution in [3.63, 3.8) is 0 Å². The minimum Gasteiger partial charge on any atom is -0.368 e. The molecule has 6 nitrogen and oxygen atoms in total. The summed E-state index contributed by atoms with van der Waals surface area (Å²) in [6.07, 6.45) is 0. The van der Waals surface area contributed by atoms with Gasteiger partial charge in [0.15, 0.2) is 0 Å². The van der Waals surface area contributed by atoms with Gasteiger partial charge < -0.3 is 9.80 Å². The van der Waals surface area contributed by atoms with Crippen LogP contribution in [0.3, 0.4) is 0 Å². The zero-order valence-electron chi connectivity index (χ0n) is 13.3. The summed E-state index contributed by atoms with van der Waals surface area (Å²) in [4.78, 5) is 26.3. The van der Waals surface area contributed by atoms with E-state index in [1.165, 1.54) is 0 Å². The molecular weight excluding hydrogens is 600 g/mol. The van der Waals surface area contributed by atoms with Crippen molar-refractivity contribution in [1.82, 2.24) is 0 Å². The maximum atomic E-state index is 10.9. The van der Waals surface area contributed by atoms with Gasteiger partial charge in [0.05, 0.1) is 0 Å². The first kappa shape index (κ1) is 19.9. The van der Waals surface area contributed by atoms with Crippen molar-refractivity contribution in [3.8, 4) is 0 Å². The van der Waals surface area contributed by atoms with E-state index in [0.717, 1.165) is 37.6 Å². The Morgan fingerprint density at radius 1 is 0.615 bits per heavy atom. The number of benzene rings is 2. The van der Waals surface area contributed by atoms with Crippen LogP contribution >= 0.6 is 63.7 Å². The Hall–Kier alpha value is -0.840. The summed E-state index contributed by atoms with van der Waals surface area (Å²) in [6.45, 7) is 3.32. The van der Waals surface area contributed by atoms with Crippen molar-refractivity contribution in [2.45, 2.75) is 0 Å². The third kappa shape index (κ3) is 4.02. The van der Waals surface area contributed by atoms with Gasteiger partial charge in [0.2, 0.25) is 0 Å². The number of hydrogen-bond donors (Lipinski definition) is 0. The smallest absolute Gasteiger partial charge is 0.136 e. The van der Waals surface area contributed by atoms with Gasteiger partial charge in [0, 0.05) is 55.4 Å². The standard InChI is InChI=1S/C16H12Br4N4O2/c17-11-5-9(6-12(18)15(11)21-25)23-1-2-24(4-3-23)10-7-13(19)16(22-26)14(20)8-10/h5-8H,1-4H2. The number of anilines is 2. The first-order valence-corrected chi connectivity index (χ1v) is 10.8. The Morgan fingerprint density at radius 3 is 1.12 bits per heavy atom. The zero-order valence-corrected chi connectivity index (χ0v) is 19.6. The molecule has 136 valence electrons. The predicted octanol–water partition coefficient (Wildman–Crippen LogP) is 6.86. The normalized spacial score (nSPS) is 14.5. The van der Waals surface area contributed by atoms with Gasteiger partial charge in [-0.15, -0.1) is 9.81 Å². The summed E-state index contributed by atoms with van der Waals surface area (Å²) in [6, 6.07) is 7.65. The molecule has 1 aliphatic heterocycles. The van der Waals surface area contributed by atoms with Crippen molar-refractivity contribution in [2.75, 3.05) is 36.0 Å².